The Morgan fingerprint density at radius 2 is 2.16 bits per heavy atom. The number of esters is 1. The molecular formula is C13H15N3O3. The highest BCUT2D eigenvalue weighted by Gasteiger charge is 2.15. The van der Waals surface area contributed by atoms with Gasteiger partial charge in [0, 0.05) is 13.1 Å². The van der Waals surface area contributed by atoms with Crippen molar-refractivity contribution in [3.63, 3.8) is 0 Å². The Balaban J connectivity index is 1.95. The van der Waals surface area contributed by atoms with Crippen molar-refractivity contribution in [3.8, 4) is 0 Å². The number of hydrogen-bond acceptors (Lipinski definition) is 5. The first-order chi connectivity index (χ1) is 9.29. The topological polar surface area (TPSA) is 56.1 Å². The van der Waals surface area contributed by atoms with E-state index in [0.29, 0.717) is 5.56 Å². The van der Waals surface area contributed by atoms with E-state index < -0.39 is 0 Å². The lowest BCUT2D eigenvalue weighted by molar-refractivity contribution is 0.0603. The third-order valence-electron chi connectivity index (χ3n) is 3.28. The zero-order valence-electron chi connectivity index (χ0n) is 10.7. The second kappa shape index (κ2) is 4.89. The Labute approximate surface area is 110 Å². The number of carbonyl (C=O) groups excluding carboxylic acids is 1. The van der Waals surface area contributed by atoms with Gasteiger partial charge < -0.3 is 14.4 Å². The molecule has 3 rings (SSSR count). The Morgan fingerprint density at radius 3 is 2.89 bits per heavy atom. The number of hydrogen-bond donors (Lipinski definition) is 0. The molecule has 0 spiro atoms. The number of nitrogens with zero attached hydrogens (tertiary/aromatic N) is 3. The van der Waals surface area contributed by atoms with Crippen molar-refractivity contribution in [2.24, 2.45) is 0 Å². The third-order valence-corrected chi connectivity index (χ3v) is 3.28. The SMILES string of the molecule is COC(=O)c1cnn2cc(N3CCOCC3)ccc12. The zero-order chi connectivity index (χ0) is 13.2. The zero-order valence-corrected chi connectivity index (χ0v) is 10.7. The van der Waals surface area contributed by atoms with Crippen molar-refractivity contribution < 1.29 is 14.3 Å². The number of pyridine rings is 1. The predicted octanol–water partition coefficient (Wildman–Crippen LogP) is 0.957. The number of fused-ring (bicyclic) bond motifs is 1. The van der Waals surface area contributed by atoms with E-state index in [1.54, 1.807) is 4.52 Å². The van der Waals surface area contributed by atoms with Gasteiger partial charge in [0.25, 0.3) is 0 Å². The van der Waals surface area contributed by atoms with Crippen LogP contribution in [0, 0.1) is 0 Å². The molecule has 1 aliphatic rings. The van der Waals surface area contributed by atoms with Crippen molar-refractivity contribution in [3.05, 3.63) is 30.1 Å². The summed E-state index contributed by atoms with van der Waals surface area (Å²) in [6, 6.07) is 3.89. The van der Waals surface area contributed by atoms with E-state index in [2.05, 4.69) is 10.00 Å². The summed E-state index contributed by atoms with van der Waals surface area (Å²) in [5.41, 5.74) is 2.32. The summed E-state index contributed by atoms with van der Waals surface area (Å²) in [5.74, 6) is -0.367. The fourth-order valence-corrected chi connectivity index (χ4v) is 2.25. The van der Waals surface area contributed by atoms with Crippen LogP contribution in [-0.4, -0.2) is 49.0 Å². The molecule has 0 saturated carbocycles. The molecule has 2 aromatic rings. The fourth-order valence-electron chi connectivity index (χ4n) is 2.25. The van der Waals surface area contributed by atoms with E-state index in [0.717, 1.165) is 37.5 Å². The Hall–Kier alpha value is -2.08. The molecule has 1 saturated heterocycles. The van der Waals surface area contributed by atoms with Crippen LogP contribution in [0.1, 0.15) is 10.4 Å². The van der Waals surface area contributed by atoms with Gasteiger partial charge in [-0.25, -0.2) is 9.31 Å². The van der Waals surface area contributed by atoms with Gasteiger partial charge in [-0.2, -0.15) is 5.10 Å². The van der Waals surface area contributed by atoms with Crippen LogP contribution in [0.5, 0.6) is 0 Å². The van der Waals surface area contributed by atoms with Crippen LogP contribution in [0.3, 0.4) is 0 Å². The summed E-state index contributed by atoms with van der Waals surface area (Å²) in [7, 11) is 1.37. The number of rotatable bonds is 2. The normalized spacial score (nSPS) is 15.7. The van der Waals surface area contributed by atoms with E-state index in [1.807, 2.05) is 18.3 Å². The van der Waals surface area contributed by atoms with Crippen molar-refractivity contribution in [2.75, 3.05) is 38.3 Å². The van der Waals surface area contributed by atoms with E-state index in [4.69, 9.17) is 9.47 Å². The average Bonchev–Trinajstić information content (AvgIpc) is 2.90. The van der Waals surface area contributed by atoms with Crippen LogP contribution in [0.2, 0.25) is 0 Å². The molecule has 1 aliphatic heterocycles. The van der Waals surface area contributed by atoms with Crippen LogP contribution >= 0.6 is 0 Å². The predicted molar refractivity (Wildman–Crippen MR) is 69.6 cm³/mol. The minimum Gasteiger partial charge on any atom is -0.465 e. The summed E-state index contributed by atoms with van der Waals surface area (Å²) < 4.78 is 11.8. The van der Waals surface area contributed by atoms with Crippen molar-refractivity contribution in [1.82, 2.24) is 9.61 Å². The third kappa shape index (κ3) is 2.15. The lowest BCUT2D eigenvalue weighted by Gasteiger charge is -2.28. The lowest BCUT2D eigenvalue weighted by Crippen LogP contribution is -2.36. The van der Waals surface area contributed by atoms with E-state index in [1.165, 1.54) is 13.3 Å². The molecule has 100 valence electrons. The molecule has 6 nitrogen and oxygen atoms in total. The lowest BCUT2D eigenvalue weighted by atomic mass is 10.2. The molecule has 0 aromatic carbocycles. The molecule has 19 heavy (non-hydrogen) atoms. The molecule has 1 fully saturated rings. The number of anilines is 1. The minimum atomic E-state index is -0.367. The van der Waals surface area contributed by atoms with Crippen LogP contribution in [0.4, 0.5) is 5.69 Å². The minimum absolute atomic E-state index is 0.367. The van der Waals surface area contributed by atoms with Gasteiger partial charge in [-0.3, -0.25) is 0 Å². The number of morpholine rings is 1. The van der Waals surface area contributed by atoms with Gasteiger partial charge >= 0.3 is 5.97 Å². The fraction of sp³-hybridized carbons (Fsp3) is 0.385. The molecule has 0 bridgehead atoms. The van der Waals surface area contributed by atoms with E-state index in [-0.39, 0.29) is 5.97 Å². The first-order valence-electron chi connectivity index (χ1n) is 6.18. The molecule has 3 heterocycles. The maximum Gasteiger partial charge on any atom is 0.341 e. The van der Waals surface area contributed by atoms with Crippen molar-refractivity contribution in [1.29, 1.82) is 0 Å². The highest BCUT2D eigenvalue weighted by atomic mass is 16.5. The highest BCUT2D eigenvalue weighted by molar-refractivity contribution is 5.96. The standard InChI is InChI=1S/C13H15N3O3/c1-18-13(17)11-8-14-16-9-10(2-3-12(11)16)15-4-6-19-7-5-15/h2-3,8-9H,4-7H2,1H3. The second-order valence-corrected chi connectivity index (χ2v) is 4.37. The van der Waals surface area contributed by atoms with E-state index >= 15 is 0 Å². The molecule has 6 heteroatoms. The largest absolute Gasteiger partial charge is 0.465 e. The maximum atomic E-state index is 11.6. The highest BCUT2D eigenvalue weighted by Crippen LogP contribution is 2.19. The van der Waals surface area contributed by atoms with Gasteiger partial charge in [0.1, 0.15) is 5.56 Å². The van der Waals surface area contributed by atoms with Gasteiger partial charge in [0.15, 0.2) is 0 Å². The summed E-state index contributed by atoms with van der Waals surface area (Å²) >= 11 is 0. The van der Waals surface area contributed by atoms with Crippen molar-refractivity contribution in [2.45, 2.75) is 0 Å². The number of carbonyl (C=O) groups is 1. The van der Waals surface area contributed by atoms with Gasteiger partial charge in [-0.05, 0) is 12.1 Å². The summed E-state index contributed by atoms with van der Waals surface area (Å²) in [5, 5.41) is 4.20. The van der Waals surface area contributed by atoms with Crippen molar-refractivity contribution >= 4 is 17.2 Å². The molecule has 0 amide bonds. The quantitative estimate of drug-likeness (QED) is 0.754. The number of ether oxygens (including phenoxy) is 2. The smallest absolute Gasteiger partial charge is 0.341 e. The van der Waals surface area contributed by atoms with E-state index in [9.17, 15) is 4.79 Å². The molecule has 0 unspecified atom stereocenters. The molecular weight excluding hydrogens is 246 g/mol. The maximum absolute atomic E-state index is 11.6. The molecule has 0 radical (unpaired) electrons. The summed E-state index contributed by atoms with van der Waals surface area (Å²) in [6.07, 6.45) is 3.46. The second-order valence-electron chi connectivity index (χ2n) is 4.37. The van der Waals surface area contributed by atoms with Gasteiger partial charge in [0.05, 0.1) is 43.9 Å². The summed E-state index contributed by atoms with van der Waals surface area (Å²) in [6.45, 7) is 3.22. The number of aromatic nitrogens is 2. The van der Waals surface area contributed by atoms with Crippen LogP contribution in [-0.2, 0) is 9.47 Å². The Morgan fingerprint density at radius 1 is 1.37 bits per heavy atom. The Bertz CT molecular complexity index is 602. The average molecular weight is 261 g/mol. The van der Waals surface area contributed by atoms with Gasteiger partial charge in [0.2, 0.25) is 0 Å². The molecule has 0 N–H and O–H groups in total. The van der Waals surface area contributed by atoms with Gasteiger partial charge in [-0.15, -0.1) is 0 Å². The first kappa shape index (κ1) is 12.0. The Kier molecular flexibility index (Phi) is 3.08. The van der Waals surface area contributed by atoms with Gasteiger partial charge in [-0.1, -0.05) is 0 Å². The van der Waals surface area contributed by atoms with Crippen LogP contribution in [0.15, 0.2) is 24.5 Å². The molecule has 2 aromatic heterocycles. The van der Waals surface area contributed by atoms with Crippen LogP contribution < -0.4 is 4.90 Å². The first-order valence-corrected chi connectivity index (χ1v) is 6.18. The monoisotopic (exact) mass is 261 g/mol. The van der Waals surface area contributed by atoms with Crippen LogP contribution in [0.25, 0.3) is 5.52 Å². The molecule has 0 atom stereocenters. The summed E-state index contributed by atoms with van der Waals surface area (Å²) in [4.78, 5) is 13.8. The number of methoxy groups -OCH3 is 1. The molecule has 0 aliphatic carbocycles.